The lowest BCUT2D eigenvalue weighted by Gasteiger charge is -2.16. The highest BCUT2D eigenvalue weighted by Gasteiger charge is 2.06. The van der Waals surface area contributed by atoms with E-state index in [0.29, 0.717) is 0 Å². The van der Waals surface area contributed by atoms with E-state index < -0.39 is 0 Å². The summed E-state index contributed by atoms with van der Waals surface area (Å²) in [5.74, 6) is 0. The minimum atomic E-state index is 0.753. The van der Waals surface area contributed by atoms with Crippen molar-refractivity contribution in [1.29, 1.82) is 0 Å². The number of methoxy groups -OCH3 is 1. The Morgan fingerprint density at radius 3 is 2.95 bits per heavy atom. The van der Waals surface area contributed by atoms with Crippen LogP contribution in [0, 0.1) is 4.77 Å². The molecule has 1 aromatic heterocycles. The number of imidazole rings is 1. The quantitative estimate of drug-likeness (QED) is 0.818. The van der Waals surface area contributed by atoms with Crippen molar-refractivity contribution in [3.8, 4) is 0 Å². The molecule has 0 fully saturated rings. The lowest BCUT2D eigenvalue weighted by molar-refractivity contribution is 0.159. The minimum absolute atomic E-state index is 0.753. The summed E-state index contributed by atoms with van der Waals surface area (Å²) in [5.41, 5.74) is 2.22. The number of aromatic nitrogens is 2. The third kappa shape index (κ3) is 3.66. The van der Waals surface area contributed by atoms with Crippen molar-refractivity contribution < 1.29 is 4.74 Å². The fraction of sp³-hybridized carbons (Fsp3) is 0.462. The number of rotatable bonds is 6. The van der Waals surface area contributed by atoms with Crippen LogP contribution in [0.5, 0.6) is 0 Å². The Balaban J connectivity index is 2.12. The first-order chi connectivity index (χ1) is 9.11. The van der Waals surface area contributed by atoms with Gasteiger partial charge in [-0.05, 0) is 37.5 Å². The van der Waals surface area contributed by atoms with E-state index in [1.807, 2.05) is 6.07 Å². The van der Waals surface area contributed by atoms with Crippen LogP contribution < -0.4 is 0 Å². The Labute approximate surface area is 126 Å². The van der Waals surface area contributed by atoms with E-state index in [9.17, 15) is 0 Å². The normalized spacial score (nSPS) is 11.6. The van der Waals surface area contributed by atoms with Crippen LogP contribution in [-0.4, -0.2) is 48.3 Å². The largest absolute Gasteiger partial charge is 0.383 e. The first-order valence-corrected chi connectivity index (χ1v) is 7.37. The maximum atomic E-state index is 5.38. The highest BCUT2D eigenvalue weighted by atomic mass is 79.9. The monoisotopic (exact) mass is 343 g/mol. The number of benzene rings is 1. The number of fused-ring (bicyclic) bond motifs is 1. The molecular formula is C13H18BrN3OS. The molecule has 0 unspecified atom stereocenters. The zero-order chi connectivity index (χ0) is 13.8. The number of hydrogen-bond donors (Lipinski definition) is 1. The molecule has 0 radical (unpaired) electrons. The number of aromatic amines is 1. The summed E-state index contributed by atoms with van der Waals surface area (Å²) in [6.45, 7) is 3.50. The third-order valence-corrected chi connectivity index (χ3v) is 3.93. The molecule has 19 heavy (non-hydrogen) atoms. The van der Waals surface area contributed by atoms with Crippen molar-refractivity contribution in [3.05, 3.63) is 27.4 Å². The summed E-state index contributed by atoms with van der Waals surface area (Å²) in [4.78, 5) is 5.48. The summed E-state index contributed by atoms with van der Waals surface area (Å²) in [6, 6.07) is 6.17. The minimum Gasteiger partial charge on any atom is -0.383 e. The summed E-state index contributed by atoms with van der Waals surface area (Å²) < 4.78 is 9.04. The number of halogens is 1. The predicted molar refractivity (Wildman–Crippen MR) is 84.2 cm³/mol. The summed E-state index contributed by atoms with van der Waals surface area (Å²) >= 11 is 8.86. The molecule has 104 valence electrons. The second-order valence-electron chi connectivity index (χ2n) is 4.54. The van der Waals surface area contributed by atoms with E-state index in [4.69, 9.17) is 17.0 Å². The van der Waals surface area contributed by atoms with Gasteiger partial charge in [-0.1, -0.05) is 15.9 Å². The lowest BCUT2D eigenvalue weighted by Crippen LogP contribution is -2.26. The van der Waals surface area contributed by atoms with Crippen LogP contribution in [0.1, 0.15) is 0 Å². The van der Waals surface area contributed by atoms with Crippen molar-refractivity contribution >= 4 is 39.2 Å². The maximum absolute atomic E-state index is 5.38. The van der Waals surface area contributed by atoms with Gasteiger partial charge in [-0.3, -0.25) is 0 Å². The highest BCUT2D eigenvalue weighted by Crippen LogP contribution is 2.19. The van der Waals surface area contributed by atoms with Gasteiger partial charge in [0, 0.05) is 31.2 Å². The Kier molecular flexibility index (Phi) is 5.15. The molecule has 0 saturated carbocycles. The first kappa shape index (κ1) is 14.7. The van der Waals surface area contributed by atoms with Crippen LogP contribution >= 0.6 is 28.1 Å². The zero-order valence-electron chi connectivity index (χ0n) is 11.1. The molecule has 0 bridgehead atoms. The van der Waals surface area contributed by atoms with Crippen LogP contribution in [0.25, 0.3) is 11.0 Å². The van der Waals surface area contributed by atoms with Gasteiger partial charge >= 0.3 is 0 Å². The average molecular weight is 344 g/mol. The number of H-pyrrole nitrogens is 1. The molecule has 0 aliphatic carbocycles. The van der Waals surface area contributed by atoms with Gasteiger partial charge in [0.25, 0.3) is 0 Å². The van der Waals surface area contributed by atoms with Crippen LogP contribution in [0.15, 0.2) is 22.7 Å². The molecule has 0 aliphatic rings. The first-order valence-electron chi connectivity index (χ1n) is 6.17. The molecule has 2 rings (SSSR count). The van der Waals surface area contributed by atoms with Crippen LogP contribution in [0.4, 0.5) is 0 Å². The van der Waals surface area contributed by atoms with Crippen molar-refractivity contribution in [2.75, 3.05) is 33.9 Å². The molecule has 4 nitrogen and oxygen atoms in total. The molecule has 0 amide bonds. The maximum Gasteiger partial charge on any atom is 0.178 e. The van der Waals surface area contributed by atoms with E-state index in [1.165, 1.54) is 0 Å². The van der Waals surface area contributed by atoms with Gasteiger partial charge in [0.05, 0.1) is 17.6 Å². The molecule has 0 saturated heterocycles. The molecule has 1 aromatic carbocycles. The number of nitrogens with one attached hydrogen (secondary N) is 1. The van der Waals surface area contributed by atoms with Crippen LogP contribution in [0.3, 0.4) is 0 Å². The van der Waals surface area contributed by atoms with Gasteiger partial charge in [0.15, 0.2) is 4.77 Å². The fourth-order valence-corrected chi connectivity index (χ4v) is 2.65. The summed E-state index contributed by atoms with van der Waals surface area (Å²) in [5, 5.41) is 0. The SMILES string of the molecule is COCCN(C)CCn1c(=S)[nH]c2cc(Br)ccc21. The second kappa shape index (κ2) is 6.65. The van der Waals surface area contributed by atoms with Gasteiger partial charge in [0.2, 0.25) is 0 Å². The standard InChI is InChI=1S/C13H18BrN3OS/c1-16(7-8-18-2)5-6-17-12-4-3-10(14)9-11(12)15-13(17)19/h3-4,9H,5-8H2,1-2H3,(H,15,19). The number of likely N-dealkylation sites (N-methyl/N-ethyl adjacent to an activating group) is 1. The molecule has 0 spiro atoms. The van der Waals surface area contributed by atoms with E-state index >= 15 is 0 Å². The van der Waals surface area contributed by atoms with Crippen molar-refractivity contribution in [1.82, 2.24) is 14.5 Å². The van der Waals surface area contributed by atoms with Crippen molar-refractivity contribution in [3.63, 3.8) is 0 Å². The zero-order valence-corrected chi connectivity index (χ0v) is 13.6. The van der Waals surface area contributed by atoms with Gasteiger partial charge in [-0.15, -0.1) is 0 Å². The summed E-state index contributed by atoms with van der Waals surface area (Å²) in [6.07, 6.45) is 0. The fourth-order valence-electron chi connectivity index (χ4n) is 1.99. The topological polar surface area (TPSA) is 33.2 Å². The Morgan fingerprint density at radius 2 is 2.21 bits per heavy atom. The van der Waals surface area contributed by atoms with Crippen LogP contribution in [0.2, 0.25) is 0 Å². The van der Waals surface area contributed by atoms with Gasteiger partial charge in [0.1, 0.15) is 0 Å². The smallest absolute Gasteiger partial charge is 0.178 e. The lowest BCUT2D eigenvalue weighted by atomic mass is 10.3. The second-order valence-corrected chi connectivity index (χ2v) is 5.84. The molecule has 1 heterocycles. The Bertz CT molecular complexity index is 607. The molecule has 0 atom stereocenters. The Hall–Kier alpha value is -0.690. The predicted octanol–water partition coefficient (Wildman–Crippen LogP) is 3.04. The Morgan fingerprint density at radius 1 is 1.42 bits per heavy atom. The number of nitrogens with zero attached hydrogens (tertiary/aromatic N) is 2. The molecule has 2 aromatic rings. The van der Waals surface area contributed by atoms with Crippen LogP contribution in [-0.2, 0) is 11.3 Å². The average Bonchev–Trinajstić information content (AvgIpc) is 2.68. The molecular weight excluding hydrogens is 326 g/mol. The number of ether oxygens (including phenoxy) is 1. The van der Waals surface area contributed by atoms with Gasteiger partial charge < -0.3 is 19.2 Å². The summed E-state index contributed by atoms with van der Waals surface area (Å²) in [7, 11) is 3.82. The van der Waals surface area contributed by atoms with E-state index in [2.05, 4.69) is 49.6 Å². The van der Waals surface area contributed by atoms with Crippen molar-refractivity contribution in [2.24, 2.45) is 0 Å². The van der Waals surface area contributed by atoms with Gasteiger partial charge in [-0.2, -0.15) is 0 Å². The van der Waals surface area contributed by atoms with Crippen molar-refractivity contribution in [2.45, 2.75) is 6.54 Å². The molecule has 6 heteroatoms. The van der Waals surface area contributed by atoms with E-state index in [0.717, 1.165) is 46.5 Å². The highest BCUT2D eigenvalue weighted by molar-refractivity contribution is 9.10. The molecule has 0 aliphatic heterocycles. The van der Waals surface area contributed by atoms with E-state index in [1.54, 1.807) is 7.11 Å². The molecule has 1 N–H and O–H groups in total. The number of hydrogen-bond acceptors (Lipinski definition) is 3. The van der Waals surface area contributed by atoms with Gasteiger partial charge in [-0.25, -0.2) is 0 Å². The van der Waals surface area contributed by atoms with E-state index in [-0.39, 0.29) is 0 Å². The third-order valence-electron chi connectivity index (χ3n) is 3.12.